The lowest BCUT2D eigenvalue weighted by atomic mass is 10.0. The summed E-state index contributed by atoms with van der Waals surface area (Å²) in [6.07, 6.45) is 2.66. The van der Waals surface area contributed by atoms with Gasteiger partial charge in [0.1, 0.15) is 0 Å². The van der Waals surface area contributed by atoms with Crippen molar-refractivity contribution >= 4 is 11.9 Å². The molecule has 1 fully saturated rings. The molecule has 18 heavy (non-hydrogen) atoms. The molecule has 0 unspecified atom stereocenters. The van der Waals surface area contributed by atoms with Crippen molar-refractivity contribution in [2.45, 2.75) is 0 Å². The molecule has 94 valence electrons. The third kappa shape index (κ3) is 2.68. The van der Waals surface area contributed by atoms with E-state index in [-0.39, 0.29) is 0 Å². The fraction of sp³-hybridized carbons (Fsp3) is 0.267. The molecule has 1 aliphatic heterocycles. The van der Waals surface area contributed by atoms with E-state index < -0.39 is 0 Å². The summed E-state index contributed by atoms with van der Waals surface area (Å²) in [6, 6.07) is 9.67. The first kappa shape index (κ1) is 12.6. The van der Waals surface area contributed by atoms with Gasteiger partial charge in [0, 0.05) is 24.4 Å². The second-order valence-corrected chi connectivity index (χ2v) is 4.09. The number of ether oxygens (including phenoxy) is 1. The van der Waals surface area contributed by atoms with Crippen molar-refractivity contribution in [3.8, 4) is 0 Å². The zero-order chi connectivity index (χ0) is 12.8. The molecule has 1 saturated heterocycles. The largest absolute Gasteiger partial charge is 0.378 e. The Kier molecular flexibility index (Phi) is 4.31. The zero-order valence-corrected chi connectivity index (χ0v) is 10.3. The minimum Gasteiger partial charge on any atom is -0.378 e. The maximum absolute atomic E-state index is 11.4. The Bertz CT molecular complexity index is 445. The van der Waals surface area contributed by atoms with Gasteiger partial charge in [-0.2, -0.15) is 0 Å². The second-order valence-electron chi connectivity index (χ2n) is 4.09. The zero-order valence-electron chi connectivity index (χ0n) is 10.3. The molecule has 3 nitrogen and oxygen atoms in total. The summed E-state index contributed by atoms with van der Waals surface area (Å²) in [5, 5.41) is 0. The average Bonchev–Trinajstić information content (AvgIpc) is 2.46. The van der Waals surface area contributed by atoms with Crippen LogP contribution in [0.25, 0.3) is 5.57 Å². The molecule has 1 aliphatic rings. The Hall–Kier alpha value is -1.87. The fourth-order valence-corrected chi connectivity index (χ4v) is 2.11. The lowest BCUT2D eigenvalue weighted by Crippen LogP contribution is -2.35. The van der Waals surface area contributed by atoms with E-state index in [1.54, 1.807) is 6.08 Å². The molecule has 0 radical (unpaired) electrons. The molecule has 0 saturated carbocycles. The number of aldehydes is 1. The summed E-state index contributed by atoms with van der Waals surface area (Å²) >= 11 is 0. The van der Waals surface area contributed by atoms with Crippen LogP contribution in [0.15, 0.2) is 48.7 Å². The summed E-state index contributed by atoms with van der Waals surface area (Å²) in [7, 11) is 0. The number of hydrogen-bond acceptors (Lipinski definition) is 3. The van der Waals surface area contributed by atoms with Gasteiger partial charge in [0.2, 0.25) is 0 Å². The number of morpholine rings is 1. The van der Waals surface area contributed by atoms with Gasteiger partial charge < -0.3 is 9.64 Å². The summed E-state index contributed by atoms with van der Waals surface area (Å²) in [6.45, 7) is 6.81. The summed E-state index contributed by atoms with van der Waals surface area (Å²) in [4.78, 5) is 13.5. The fourth-order valence-electron chi connectivity index (χ4n) is 2.11. The Labute approximate surface area is 107 Å². The molecule has 1 heterocycles. The van der Waals surface area contributed by atoms with Gasteiger partial charge >= 0.3 is 0 Å². The summed E-state index contributed by atoms with van der Waals surface area (Å²) < 4.78 is 5.33. The first-order chi connectivity index (χ1) is 8.86. The molecule has 0 spiro atoms. The standard InChI is InChI=1S/C15H17NO2/c1-2-15(16-8-10-18-11-9-16)14(12-17)13-6-4-3-5-7-13/h2-7,12H,1,8-11H2. The predicted octanol–water partition coefficient (Wildman–Crippen LogP) is 2.11. The molecular formula is C15H17NO2. The number of rotatable bonds is 4. The van der Waals surface area contributed by atoms with E-state index in [1.165, 1.54) is 0 Å². The molecule has 1 aromatic carbocycles. The Balaban J connectivity index is 2.38. The molecule has 0 aromatic heterocycles. The first-order valence-corrected chi connectivity index (χ1v) is 6.07. The van der Waals surface area contributed by atoms with Crippen LogP contribution in [0.3, 0.4) is 0 Å². The van der Waals surface area contributed by atoms with Gasteiger partial charge in [-0.25, -0.2) is 0 Å². The van der Waals surface area contributed by atoms with E-state index >= 15 is 0 Å². The van der Waals surface area contributed by atoms with Crippen molar-refractivity contribution in [1.82, 2.24) is 4.90 Å². The monoisotopic (exact) mass is 243 g/mol. The number of benzene rings is 1. The van der Waals surface area contributed by atoms with Gasteiger partial charge in [0.15, 0.2) is 6.29 Å². The minimum absolute atomic E-state index is 0.688. The Morgan fingerprint density at radius 3 is 2.44 bits per heavy atom. The smallest absolute Gasteiger partial charge is 0.152 e. The molecule has 3 heteroatoms. The molecule has 0 amide bonds. The third-order valence-corrected chi connectivity index (χ3v) is 3.02. The van der Waals surface area contributed by atoms with Crippen LogP contribution < -0.4 is 0 Å². The number of hydrogen-bond donors (Lipinski definition) is 0. The molecule has 0 atom stereocenters. The van der Waals surface area contributed by atoms with E-state index in [1.807, 2.05) is 30.3 Å². The second kappa shape index (κ2) is 6.17. The van der Waals surface area contributed by atoms with Crippen molar-refractivity contribution in [3.63, 3.8) is 0 Å². The highest BCUT2D eigenvalue weighted by Crippen LogP contribution is 2.21. The molecule has 0 aliphatic carbocycles. The van der Waals surface area contributed by atoms with Crippen LogP contribution in [0.4, 0.5) is 0 Å². The van der Waals surface area contributed by atoms with Crippen molar-refractivity contribution in [3.05, 3.63) is 54.2 Å². The van der Waals surface area contributed by atoms with Crippen molar-refractivity contribution in [2.75, 3.05) is 26.3 Å². The van der Waals surface area contributed by atoms with E-state index in [9.17, 15) is 4.79 Å². The highest BCUT2D eigenvalue weighted by atomic mass is 16.5. The quantitative estimate of drug-likeness (QED) is 0.461. The minimum atomic E-state index is 0.688. The van der Waals surface area contributed by atoms with E-state index in [4.69, 9.17) is 4.74 Å². The van der Waals surface area contributed by atoms with E-state index in [0.717, 1.165) is 30.6 Å². The van der Waals surface area contributed by atoms with Crippen LogP contribution in [0.5, 0.6) is 0 Å². The highest BCUT2D eigenvalue weighted by molar-refractivity contribution is 6.08. The van der Waals surface area contributed by atoms with Gasteiger partial charge in [-0.3, -0.25) is 4.79 Å². The van der Waals surface area contributed by atoms with Crippen LogP contribution in [-0.4, -0.2) is 37.5 Å². The lowest BCUT2D eigenvalue weighted by Gasteiger charge is -2.30. The SMILES string of the molecule is C=CC(=C(C=O)c1ccccc1)N1CCOCC1. The Morgan fingerprint density at radius 2 is 1.89 bits per heavy atom. The molecule has 0 N–H and O–H groups in total. The van der Waals surface area contributed by atoms with Crippen LogP contribution in [0, 0.1) is 0 Å². The van der Waals surface area contributed by atoms with Crippen molar-refractivity contribution < 1.29 is 9.53 Å². The van der Waals surface area contributed by atoms with Crippen LogP contribution in [-0.2, 0) is 9.53 Å². The topological polar surface area (TPSA) is 29.5 Å². The number of carbonyl (C=O) groups is 1. The normalized spacial score (nSPS) is 17.0. The lowest BCUT2D eigenvalue weighted by molar-refractivity contribution is -0.103. The Morgan fingerprint density at radius 1 is 1.22 bits per heavy atom. The predicted molar refractivity (Wildman–Crippen MR) is 72.0 cm³/mol. The molecule has 2 rings (SSSR count). The van der Waals surface area contributed by atoms with E-state index in [0.29, 0.717) is 18.8 Å². The maximum atomic E-state index is 11.4. The maximum Gasteiger partial charge on any atom is 0.152 e. The van der Waals surface area contributed by atoms with Crippen molar-refractivity contribution in [1.29, 1.82) is 0 Å². The third-order valence-electron chi connectivity index (χ3n) is 3.02. The molecular weight excluding hydrogens is 226 g/mol. The van der Waals surface area contributed by atoms with Crippen LogP contribution in [0.2, 0.25) is 0 Å². The number of carbonyl (C=O) groups excluding carboxylic acids is 1. The molecule has 1 aromatic rings. The van der Waals surface area contributed by atoms with Crippen LogP contribution in [0.1, 0.15) is 5.56 Å². The number of allylic oxidation sites excluding steroid dienone is 2. The number of nitrogens with zero attached hydrogens (tertiary/aromatic N) is 1. The van der Waals surface area contributed by atoms with Gasteiger partial charge in [0.05, 0.1) is 13.2 Å². The van der Waals surface area contributed by atoms with Gasteiger partial charge in [-0.1, -0.05) is 36.9 Å². The highest BCUT2D eigenvalue weighted by Gasteiger charge is 2.16. The first-order valence-electron chi connectivity index (χ1n) is 6.07. The van der Waals surface area contributed by atoms with Crippen LogP contribution >= 0.6 is 0 Å². The van der Waals surface area contributed by atoms with Gasteiger partial charge in [-0.05, 0) is 11.6 Å². The summed E-state index contributed by atoms with van der Waals surface area (Å²) in [5.74, 6) is 0. The van der Waals surface area contributed by atoms with Gasteiger partial charge in [-0.15, -0.1) is 0 Å². The van der Waals surface area contributed by atoms with Gasteiger partial charge in [0.25, 0.3) is 0 Å². The molecule has 0 bridgehead atoms. The van der Waals surface area contributed by atoms with E-state index in [2.05, 4.69) is 11.5 Å². The average molecular weight is 243 g/mol. The summed E-state index contributed by atoms with van der Waals surface area (Å²) in [5.41, 5.74) is 2.50. The van der Waals surface area contributed by atoms with Crippen molar-refractivity contribution in [2.24, 2.45) is 0 Å².